The molecule has 0 unspecified atom stereocenters. The first-order chi connectivity index (χ1) is 8.74. The zero-order valence-corrected chi connectivity index (χ0v) is 11.6. The fraction of sp³-hybridized carbons (Fsp3) is 0.933. The summed E-state index contributed by atoms with van der Waals surface area (Å²) >= 11 is 0. The molecule has 102 valence electrons. The van der Waals surface area contributed by atoms with Crippen LogP contribution in [0.2, 0.25) is 0 Å². The average molecular weight is 251 g/mol. The summed E-state index contributed by atoms with van der Waals surface area (Å²) in [6.07, 6.45) is 10.6. The molecule has 2 aliphatic carbocycles. The molecule has 3 fully saturated rings. The first-order valence-corrected chi connectivity index (χ1v) is 7.81. The van der Waals surface area contributed by atoms with E-state index in [1.54, 1.807) is 0 Å². The zero-order chi connectivity index (χ0) is 12.6. The third kappa shape index (κ3) is 1.97. The van der Waals surface area contributed by atoms with Gasteiger partial charge >= 0.3 is 0 Å². The summed E-state index contributed by atoms with van der Waals surface area (Å²) in [4.78, 5) is 0. The molecule has 0 spiro atoms. The van der Waals surface area contributed by atoms with E-state index in [2.05, 4.69) is 12.2 Å². The molecule has 0 amide bonds. The van der Waals surface area contributed by atoms with Crippen LogP contribution in [0.3, 0.4) is 0 Å². The maximum Gasteiger partial charge on any atom is 0.0971 e. The van der Waals surface area contributed by atoms with Crippen LogP contribution in [0.5, 0.6) is 0 Å². The number of likely N-dealkylation sites (tertiary alicyclic amines) is 1. The lowest BCUT2D eigenvalue weighted by Crippen LogP contribution is -2.61. The Bertz CT molecular complexity index is 333. The van der Waals surface area contributed by atoms with Gasteiger partial charge in [-0.25, -0.2) is 0 Å². The summed E-state index contributed by atoms with van der Waals surface area (Å²) < 4.78 is 1.25. The molecule has 3 aliphatic rings. The molecule has 18 heavy (non-hydrogen) atoms. The molecule has 3 atom stereocenters. The number of piperidine rings is 1. The van der Waals surface area contributed by atoms with E-state index in [4.69, 9.17) is 0 Å². The Balaban J connectivity index is 1.83. The van der Waals surface area contributed by atoms with Crippen molar-refractivity contribution in [3.05, 3.63) is 0 Å². The van der Waals surface area contributed by atoms with Crippen LogP contribution in [0.25, 0.3) is 0 Å². The first kappa shape index (κ1) is 12.5. The van der Waals surface area contributed by atoms with E-state index in [1.807, 2.05) is 0 Å². The number of quaternary nitrogens is 1. The quantitative estimate of drug-likeness (QED) is 0.434. The molecule has 2 saturated carbocycles. The molecule has 0 aromatic rings. The zero-order valence-electron chi connectivity index (χ0n) is 11.6. The highest BCUT2D eigenvalue weighted by atomic mass is 16.4. The van der Waals surface area contributed by atoms with E-state index in [0.717, 1.165) is 11.8 Å². The summed E-state index contributed by atoms with van der Waals surface area (Å²) in [5.74, 6) is 1.17. The molecule has 0 aromatic carbocycles. The third-order valence-corrected chi connectivity index (χ3v) is 5.90. The van der Waals surface area contributed by atoms with Gasteiger partial charge in [0.15, 0.2) is 0 Å². The van der Waals surface area contributed by atoms with Gasteiger partial charge in [-0.3, -0.25) is 0 Å². The largest absolute Gasteiger partial charge is 0.411 e. The monoisotopic (exact) mass is 251 g/mol. The number of oxime groups is 1. The van der Waals surface area contributed by atoms with E-state index in [-0.39, 0.29) is 0 Å². The highest BCUT2D eigenvalue weighted by molar-refractivity contribution is 5.90. The summed E-state index contributed by atoms with van der Waals surface area (Å²) in [6, 6.07) is 0.729. The molecule has 1 saturated heterocycles. The van der Waals surface area contributed by atoms with Crippen molar-refractivity contribution in [3.63, 3.8) is 0 Å². The van der Waals surface area contributed by atoms with Crippen molar-refractivity contribution in [3.8, 4) is 0 Å². The maximum atomic E-state index is 9.38. The number of nitrogens with zero attached hydrogens (tertiary/aromatic N) is 2. The number of hydrogen-bond acceptors (Lipinski definition) is 2. The van der Waals surface area contributed by atoms with Gasteiger partial charge < -0.3 is 9.69 Å². The number of fused-ring (bicyclic) bond motifs is 2. The van der Waals surface area contributed by atoms with Crippen LogP contribution < -0.4 is 0 Å². The van der Waals surface area contributed by atoms with Crippen LogP contribution in [0.15, 0.2) is 5.16 Å². The van der Waals surface area contributed by atoms with E-state index in [9.17, 15) is 5.21 Å². The third-order valence-electron chi connectivity index (χ3n) is 5.90. The molecule has 1 aliphatic heterocycles. The van der Waals surface area contributed by atoms with Crippen molar-refractivity contribution < 1.29 is 9.69 Å². The van der Waals surface area contributed by atoms with E-state index in [1.165, 1.54) is 68.9 Å². The van der Waals surface area contributed by atoms with Crippen LogP contribution in [0, 0.1) is 11.8 Å². The fourth-order valence-electron chi connectivity index (χ4n) is 4.91. The summed E-state index contributed by atoms with van der Waals surface area (Å²) in [5.41, 5.74) is 1.16. The molecule has 0 radical (unpaired) electrons. The summed E-state index contributed by atoms with van der Waals surface area (Å²) in [6.45, 7) is 2.68. The van der Waals surface area contributed by atoms with Crippen molar-refractivity contribution in [2.24, 2.45) is 17.0 Å². The minimum absolute atomic E-state index is 0.575. The number of hydrogen-bond donors (Lipinski definition) is 1. The minimum Gasteiger partial charge on any atom is -0.411 e. The highest BCUT2D eigenvalue weighted by Gasteiger charge is 2.48. The van der Waals surface area contributed by atoms with Crippen molar-refractivity contribution >= 4 is 5.71 Å². The lowest BCUT2D eigenvalue weighted by molar-refractivity contribution is -0.941. The molecule has 1 heterocycles. The lowest BCUT2D eigenvalue weighted by atomic mass is 9.67. The summed E-state index contributed by atoms with van der Waals surface area (Å²) in [7, 11) is 2.45. The average Bonchev–Trinajstić information content (AvgIpc) is 2.38. The van der Waals surface area contributed by atoms with Gasteiger partial charge in [0.05, 0.1) is 37.8 Å². The smallest absolute Gasteiger partial charge is 0.0971 e. The van der Waals surface area contributed by atoms with Gasteiger partial charge in [-0.2, -0.15) is 0 Å². The second kappa shape index (κ2) is 4.84. The molecule has 3 heteroatoms. The van der Waals surface area contributed by atoms with Crippen molar-refractivity contribution in [1.82, 2.24) is 0 Å². The van der Waals surface area contributed by atoms with Gasteiger partial charge in [0, 0.05) is 12.3 Å². The van der Waals surface area contributed by atoms with Gasteiger partial charge in [0.25, 0.3) is 0 Å². The maximum absolute atomic E-state index is 9.38. The van der Waals surface area contributed by atoms with Crippen molar-refractivity contribution in [2.75, 3.05) is 20.1 Å². The van der Waals surface area contributed by atoms with Gasteiger partial charge in [0.1, 0.15) is 0 Å². The highest BCUT2D eigenvalue weighted by Crippen LogP contribution is 2.42. The summed E-state index contributed by atoms with van der Waals surface area (Å²) in [5, 5.41) is 13.1. The Morgan fingerprint density at radius 3 is 2.50 bits per heavy atom. The Labute approximate surface area is 110 Å². The van der Waals surface area contributed by atoms with Gasteiger partial charge in [-0.05, 0) is 38.5 Å². The van der Waals surface area contributed by atoms with Gasteiger partial charge in [-0.1, -0.05) is 11.6 Å². The van der Waals surface area contributed by atoms with E-state index >= 15 is 0 Å². The van der Waals surface area contributed by atoms with Crippen LogP contribution in [-0.2, 0) is 0 Å². The second-order valence-electron chi connectivity index (χ2n) is 6.89. The van der Waals surface area contributed by atoms with Crippen molar-refractivity contribution in [1.29, 1.82) is 0 Å². The Kier molecular flexibility index (Phi) is 3.35. The molecule has 0 aromatic heterocycles. The molecular weight excluding hydrogens is 224 g/mol. The normalized spacial score (nSPS) is 41.8. The Morgan fingerprint density at radius 1 is 1.00 bits per heavy atom. The van der Waals surface area contributed by atoms with Gasteiger partial charge in [-0.15, -0.1) is 0 Å². The van der Waals surface area contributed by atoms with Crippen LogP contribution in [0.1, 0.15) is 51.4 Å². The number of rotatable bonds is 1. The van der Waals surface area contributed by atoms with Crippen LogP contribution in [-0.4, -0.2) is 41.6 Å². The molecular formula is C15H27N2O+. The molecule has 2 bridgehead atoms. The minimum atomic E-state index is 0.575. The second-order valence-corrected chi connectivity index (χ2v) is 6.89. The molecule has 3 nitrogen and oxygen atoms in total. The van der Waals surface area contributed by atoms with E-state index in [0.29, 0.717) is 11.8 Å². The van der Waals surface area contributed by atoms with E-state index < -0.39 is 0 Å². The topological polar surface area (TPSA) is 32.6 Å². The first-order valence-electron chi connectivity index (χ1n) is 7.81. The van der Waals surface area contributed by atoms with Crippen molar-refractivity contribution in [2.45, 2.75) is 57.4 Å². The molecule has 3 rings (SSSR count). The lowest BCUT2D eigenvalue weighted by Gasteiger charge is -2.51. The Morgan fingerprint density at radius 2 is 1.78 bits per heavy atom. The van der Waals surface area contributed by atoms with Crippen LogP contribution >= 0.6 is 0 Å². The molecule has 1 N–H and O–H groups in total. The fourth-order valence-corrected chi connectivity index (χ4v) is 4.91. The standard InChI is InChI=1S/C15H26N2O/c1-17(10-3-2-4-11-17)14-9-8-12-6-5-7-13(14)15(12)16-18/h12-14H,2-11H2,1H3/p+1/t12-,13+,14-/m1/s1. The Hall–Kier alpha value is -0.570. The van der Waals surface area contributed by atoms with Gasteiger partial charge in [0.2, 0.25) is 0 Å². The predicted octanol–water partition coefficient (Wildman–Crippen LogP) is 3.03. The SMILES string of the molecule is C[N+]1([C@@H]2CC[C@H]3CCC[C@@H]2C3=NO)CCCCC1. The van der Waals surface area contributed by atoms with Crippen LogP contribution in [0.4, 0.5) is 0 Å². The predicted molar refractivity (Wildman–Crippen MR) is 72.8 cm³/mol.